The second kappa shape index (κ2) is 15.6. The van der Waals surface area contributed by atoms with Crippen molar-refractivity contribution in [3.8, 4) is 100 Å². The number of rotatable bonds is 7. The highest BCUT2D eigenvalue weighted by Gasteiger charge is 2.51. The zero-order chi connectivity index (χ0) is 44.3. The first-order chi connectivity index (χ1) is 33.2. The Hall–Kier alpha value is -9.00. The van der Waals surface area contributed by atoms with Crippen molar-refractivity contribution in [2.45, 2.75) is 5.41 Å². The van der Waals surface area contributed by atoms with Crippen LogP contribution in [0.15, 0.2) is 232 Å². The smallest absolute Gasteiger partial charge is 0.115 e. The van der Waals surface area contributed by atoms with Crippen molar-refractivity contribution < 1.29 is 0 Å². The van der Waals surface area contributed by atoms with E-state index < -0.39 is 5.41 Å². The molecular weight excluding hydrogens is 817 g/mol. The van der Waals surface area contributed by atoms with E-state index in [9.17, 15) is 0 Å². The van der Waals surface area contributed by atoms with Crippen LogP contribution in [0.2, 0.25) is 0 Å². The Morgan fingerprint density at radius 1 is 0.209 bits per heavy atom. The predicted molar refractivity (Wildman–Crippen MR) is 268 cm³/mol. The Kier molecular flexibility index (Phi) is 8.96. The quantitative estimate of drug-likeness (QED) is 0.159. The van der Waals surface area contributed by atoms with Crippen molar-refractivity contribution in [3.63, 3.8) is 0 Å². The van der Waals surface area contributed by atoms with Gasteiger partial charge in [-0.1, -0.05) is 121 Å². The molecule has 312 valence electrons. The summed E-state index contributed by atoms with van der Waals surface area (Å²) in [5.41, 5.74) is 24.7. The van der Waals surface area contributed by atoms with Crippen molar-refractivity contribution >= 4 is 0 Å². The lowest BCUT2D eigenvalue weighted by atomic mass is 9.70. The molecule has 0 aliphatic heterocycles. The Morgan fingerprint density at radius 2 is 0.522 bits per heavy atom. The highest BCUT2D eigenvalue weighted by atomic mass is 14.8. The largest absolute Gasteiger partial charge is 0.263 e. The van der Waals surface area contributed by atoms with Crippen molar-refractivity contribution in [1.82, 2.24) is 29.9 Å². The third-order valence-corrected chi connectivity index (χ3v) is 13.6. The monoisotopic (exact) mass is 854 g/mol. The molecule has 67 heavy (non-hydrogen) atoms. The van der Waals surface area contributed by atoms with Crippen molar-refractivity contribution in [1.29, 1.82) is 0 Å². The molecule has 1 spiro atoms. The van der Waals surface area contributed by atoms with Gasteiger partial charge in [-0.2, -0.15) is 0 Å². The van der Waals surface area contributed by atoms with Gasteiger partial charge in [-0.15, -0.1) is 0 Å². The van der Waals surface area contributed by atoms with Gasteiger partial charge in [-0.05, 0) is 138 Å². The third-order valence-electron chi connectivity index (χ3n) is 13.6. The highest BCUT2D eigenvalue weighted by Crippen LogP contribution is 2.63. The number of pyridine rings is 2. The van der Waals surface area contributed by atoms with Gasteiger partial charge in [0.15, 0.2) is 0 Å². The van der Waals surface area contributed by atoms with Gasteiger partial charge in [0.25, 0.3) is 0 Å². The maximum Gasteiger partial charge on any atom is 0.115 e. The zero-order valence-electron chi connectivity index (χ0n) is 36.1. The molecule has 4 heterocycles. The number of nitrogens with zero attached hydrogens (tertiary/aromatic N) is 6. The van der Waals surface area contributed by atoms with Gasteiger partial charge in [0.05, 0.1) is 5.41 Å². The van der Waals surface area contributed by atoms with Crippen LogP contribution in [0.5, 0.6) is 0 Å². The molecule has 13 rings (SSSR count). The molecule has 4 aromatic heterocycles. The van der Waals surface area contributed by atoms with E-state index in [-0.39, 0.29) is 0 Å². The van der Waals surface area contributed by atoms with Crippen LogP contribution in [0.1, 0.15) is 22.3 Å². The van der Waals surface area contributed by atoms with Gasteiger partial charge in [-0.25, -0.2) is 19.9 Å². The number of hydrogen-bond acceptors (Lipinski definition) is 6. The van der Waals surface area contributed by atoms with E-state index >= 15 is 0 Å². The van der Waals surface area contributed by atoms with Crippen LogP contribution in [0.4, 0.5) is 0 Å². The molecule has 0 amide bonds. The fraction of sp³-hybridized carbons (Fsp3) is 0.0164. The Labute approximate surface area is 388 Å². The number of benzene rings is 7. The van der Waals surface area contributed by atoms with Crippen LogP contribution in [0.25, 0.3) is 100 Å². The highest BCUT2D eigenvalue weighted by molar-refractivity contribution is 5.96. The lowest BCUT2D eigenvalue weighted by Crippen LogP contribution is -2.25. The first-order valence-electron chi connectivity index (χ1n) is 22.4. The van der Waals surface area contributed by atoms with Crippen LogP contribution in [0.3, 0.4) is 0 Å². The molecule has 11 aromatic rings. The Bertz CT molecular complexity index is 3510. The van der Waals surface area contributed by atoms with Crippen molar-refractivity contribution in [2.24, 2.45) is 0 Å². The molecule has 0 radical (unpaired) electrons. The zero-order valence-corrected chi connectivity index (χ0v) is 36.1. The summed E-state index contributed by atoms with van der Waals surface area (Å²) in [4.78, 5) is 26.3. The molecule has 0 unspecified atom stereocenters. The van der Waals surface area contributed by atoms with E-state index in [1.807, 2.05) is 49.6 Å². The third kappa shape index (κ3) is 6.33. The lowest BCUT2D eigenvalue weighted by Gasteiger charge is -2.30. The fourth-order valence-electron chi connectivity index (χ4n) is 10.6. The van der Waals surface area contributed by atoms with E-state index in [1.165, 1.54) is 44.5 Å². The first-order valence-corrected chi connectivity index (χ1v) is 22.4. The summed E-state index contributed by atoms with van der Waals surface area (Å²) < 4.78 is 0. The van der Waals surface area contributed by atoms with Crippen molar-refractivity contribution in [3.05, 3.63) is 254 Å². The second-order valence-corrected chi connectivity index (χ2v) is 17.3. The van der Waals surface area contributed by atoms with Gasteiger partial charge >= 0.3 is 0 Å². The van der Waals surface area contributed by atoms with Gasteiger partial charge in [0.2, 0.25) is 0 Å². The molecule has 0 saturated carbocycles. The molecule has 0 bridgehead atoms. The average Bonchev–Trinajstić information content (AvgIpc) is 3.88. The topological polar surface area (TPSA) is 77.3 Å². The molecule has 6 heteroatoms. The van der Waals surface area contributed by atoms with Gasteiger partial charge in [0, 0.05) is 83.0 Å². The minimum atomic E-state index is -0.443. The van der Waals surface area contributed by atoms with Gasteiger partial charge < -0.3 is 0 Å². The van der Waals surface area contributed by atoms with Crippen LogP contribution < -0.4 is 0 Å². The summed E-state index contributed by atoms with van der Waals surface area (Å²) in [7, 11) is 0. The average molecular weight is 855 g/mol. The number of aromatic nitrogens is 6. The van der Waals surface area contributed by atoms with E-state index in [2.05, 4.69) is 200 Å². The number of hydrogen-bond donors (Lipinski definition) is 0. The van der Waals surface area contributed by atoms with E-state index in [4.69, 9.17) is 0 Å². The minimum absolute atomic E-state index is 0.443. The Morgan fingerprint density at radius 3 is 0.955 bits per heavy atom. The molecule has 6 nitrogen and oxygen atoms in total. The summed E-state index contributed by atoms with van der Waals surface area (Å²) >= 11 is 0. The SMILES string of the molecule is c1cc(-c2cncc(-c3cncnc3)c2)cc(-c2cc(-c3cccc(-c4cncc(-c5cncnc5)c4)c3)cc(-c3ccc4c(c3)C3(c5ccccc5-c5ccccc53)c3ccccc3-4)c2)c1. The summed E-state index contributed by atoms with van der Waals surface area (Å²) in [6.45, 7) is 0. The normalized spacial score (nSPS) is 12.6. The van der Waals surface area contributed by atoms with Crippen LogP contribution in [-0.4, -0.2) is 29.9 Å². The summed E-state index contributed by atoms with van der Waals surface area (Å²) in [6, 6.07) is 63.0. The van der Waals surface area contributed by atoms with Gasteiger partial charge in [-0.3, -0.25) is 9.97 Å². The predicted octanol–water partition coefficient (Wildman–Crippen LogP) is 14.1. The van der Waals surface area contributed by atoms with Crippen LogP contribution in [0, 0.1) is 0 Å². The molecule has 0 saturated heterocycles. The van der Waals surface area contributed by atoms with E-state index in [1.54, 1.807) is 12.7 Å². The number of fused-ring (bicyclic) bond motifs is 10. The summed E-state index contributed by atoms with van der Waals surface area (Å²) in [6.07, 6.45) is 17.9. The first kappa shape index (κ1) is 38.5. The Balaban J connectivity index is 0.986. The van der Waals surface area contributed by atoms with Crippen LogP contribution >= 0.6 is 0 Å². The van der Waals surface area contributed by atoms with Gasteiger partial charge in [0.1, 0.15) is 12.7 Å². The second-order valence-electron chi connectivity index (χ2n) is 17.3. The lowest BCUT2D eigenvalue weighted by molar-refractivity contribution is 0.794. The maximum atomic E-state index is 4.64. The molecule has 0 atom stereocenters. The molecule has 2 aliphatic carbocycles. The van der Waals surface area contributed by atoms with Crippen molar-refractivity contribution in [2.75, 3.05) is 0 Å². The standard InChI is InChI=1S/C61H38N6/c1-4-16-57-53(13-1)54-14-2-5-17-58(54)61(57)59-18-6-3-15-55(59)56-20-19-43(28-60(56)61)46-24-44(39-9-7-11-41(21-39)47-26-49(31-62-29-47)51-33-64-37-65-34-51)23-45(25-46)40-10-8-12-42(22-40)48-27-50(32-63-30-48)52-35-66-38-67-36-52/h1-38H. The minimum Gasteiger partial charge on any atom is -0.263 e. The molecule has 7 aromatic carbocycles. The van der Waals surface area contributed by atoms with E-state index in [0.717, 1.165) is 77.9 Å². The summed E-state index contributed by atoms with van der Waals surface area (Å²) in [5.74, 6) is 0. The molecule has 2 aliphatic rings. The maximum absolute atomic E-state index is 4.64. The van der Waals surface area contributed by atoms with E-state index in [0.29, 0.717) is 0 Å². The summed E-state index contributed by atoms with van der Waals surface area (Å²) in [5, 5.41) is 0. The fourth-order valence-corrected chi connectivity index (χ4v) is 10.6. The molecular formula is C61H38N6. The van der Waals surface area contributed by atoms with Crippen LogP contribution in [-0.2, 0) is 5.41 Å². The molecule has 0 fully saturated rings. The molecule has 0 N–H and O–H groups in total.